The highest BCUT2D eigenvalue weighted by atomic mass is 79.9. The van der Waals surface area contributed by atoms with Crippen molar-refractivity contribution in [2.45, 2.75) is 6.54 Å². The molecule has 1 heterocycles. The number of carbonyl (C=O) groups excluding carboxylic acids is 1. The van der Waals surface area contributed by atoms with Gasteiger partial charge in [0.2, 0.25) is 0 Å². The van der Waals surface area contributed by atoms with Gasteiger partial charge in [-0.25, -0.2) is 0 Å². The summed E-state index contributed by atoms with van der Waals surface area (Å²) in [5.41, 5.74) is 0.670. The molecule has 0 aliphatic heterocycles. The molecule has 2 aromatic rings. The van der Waals surface area contributed by atoms with Gasteiger partial charge in [-0.05, 0) is 52.3 Å². The number of halogens is 2. The third-order valence-electron chi connectivity index (χ3n) is 2.16. The van der Waals surface area contributed by atoms with Crippen LogP contribution in [0.25, 0.3) is 0 Å². The Morgan fingerprint density at radius 2 is 1.82 bits per heavy atom. The first-order valence-electron chi connectivity index (χ1n) is 4.93. The standard InChI is InChI=1S/C12H9Br2NOS/c13-9-3-1-8(2-4-9)12(16)15-7-10-5-6-11(14)17-10/h1-6H,7H2,(H,15,16). The molecule has 0 radical (unpaired) electrons. The molecular weight excluding hydrogens is 366 g/mol. The van der Waals surface area contributed by atoms with E-state index in [2.05, 4.69) is 37.2 Å². The summed E-state index contributed by atoms with van der Waals surface area (Å²) in [6.07, 6.45) is 0. The van der Waals surface area contributed by atoms with Crippen LogP contribution in [0.3, 0.4) is 0 Å². The lowest BCUT2D eigenvalue weighted by Gasteiger charge is -2.03. The van der Waals surface area contributed by atoms with Crippen LogP contribution in [0.15, 0.2) is 44.7 Å². The Morgan fingerprint density at radius 3 is 2.41 bits per heavy atom. The van der Waals surface area contributed by atoms with Crippen molar-refractivity contribution in [1.29, 1.82) is 0 Å². The maximum atomic E-state index is 11.8. The molecule has 0 saturated carbocycles. The number of thiophene rings is 1. The van der Waals surface area contributed by atoms with Crippen molar-refractivity contribution in [3.63, 3.8) is 0 Å². The summed E-state index contributed by atoms with van der Waals surface area (Å²) in [5.74, 6) is -0.0537. The Bertz CT molecular complexity index is 522. The number of rotatable bonds is 3. The Labute approximate surface area is 120 Å². The molecule has 0 bridgehead atoms. The van der Waals surface area contributed by atoms with E-state index in [-0.39, 0.29) is 5.91 Å². The molecule has 17 heavy (non-hydrogen) atoms. The van der Waals surface area contributed by atoms with E-state index in [0.29, 0.717) is 12.1 Å². The van der Waals surface area contributed by atoms with Crippen LogP contribution in [0, 0.1) is 0 Å². The average molecular weight is 375 g/mol. The number of amides is 1. The van der Waals surface area contributed by atoms with Crippen molar-refractivity contribution in [3.05, 3.63) is 55.1 Å². The largest absolute Gasteiger partial charge is 0.347 e. The summed E-state index contributed by atoms with van der Waals surface area (Å²) in [6, 6.07) is 11.3. The maximum Gasteiger partial charge on any atom is 0.251 e. The highest BCUT2D eigenvalue weighted by molar-refractivity contribution is 9.11. The van der Waals surface area contributed by atoms with Crippen LogP contribution in [-0.4, -0.2) is 5.91 Å². The van der Waals surface area contributed by atoms with Gasteiger partial charge in [-0.1, -0.05) is 15.9 Å². The van der Waals surface area contributed by atoms with Crippen molar-refractivity contribution < 1.29 is 4.79 Å². The zero-order valence-electron chi connectivity index (χ0n) is 8.74. The van der Waals surface area contributed by atoms with Crippen LogP contribution in [0.4, 0.5) is 0 Å². The first kappa shape index (κ1) is 12.8. The zero-order valence-corrected chi connectivity index (χ0v) is 12.7. The lowest BCUT2D eigenvalue weighted by Crippen LogP contribution is -2.22. The molecule has 2 nitrogen and oxygen atoms in total. The molecule has 1 N–H and O–H groups in total. The van der Waals surface area contributed by atoms with Crippen LogP contribution in [0.2, 0.25) is 0 Å². The molecule has 1 aromatic heterocycles. The first-order chi connectivity index (χ1) is 8.15. The molecule has 0 aliphatic carbocycles. The van der Waals surface area contributed by atoms with Crippen LogP contribution in [-0.2, 0) is 6.54 Å². The Kier molecular flexibility index (Phi) is 4.36. The van der Waals surface area contributed by atoms with Gasteiger partial charge in [0.15, 0.2) is 0 Å². The van der Waals surface area contributed by atoms with Gasteiger partial charge in [-0.3, -0.25) is 4.79 Å². The van der Waals surface area contributed by atoms with E-state index in [4.69, 9.17) is 0 Å². The van der Waals surface area contributed by atoms with E-state index in [1.54, 1.807) is 23.5 Å². The Balaban J connectivity index is 1.95. The zero-order chi connectivity index (χ0) is 12.3. The molecule has 2 rings (SSSR count). The fourth-order valence-electron chi connectivity index (χ4n) is 1.32. The number of hydrogen-bond acceptors (Lipinski definition) is 2. The SMILES string of the molecule is O=C(NCc1ccc(Br)s1)c1ccc(Br)cc1. The minimum atomic E-state index is -0.0537. The number of hydrogen-bond donors (Lipinski definition) is 1. The predicted molar refractivity (Wildman–Crippen MR) is 77.3 cm³/mol. The summed E-state index contributed by atoms with van der Waals surface area (Å²) in [5, 5.41) is 2.88. The van der Waals surface area contributed by atoms with Crippen molar-refractivity contribution in [2.75, 3.05) is 0 Å². The van der Waals surface area contributed by atoms with Gasteiger partial charge < -0.3 is 5.32 Å². The van der Waals surface area contributed by atoms with Crippen molar-refractivity contribution in [1.82, 2.24) is 5.32 Å². The third-order valence-corrected chi connectivity index (χ3v) is 4.31. The molecule has 0 saturated heterocycles. The minimum Gasteiger partial charge on any atom is -0.347 e. The van der Waals surface area contributed by atoms with Crippen LogP contribution >= 0.6 is 43.2 Å². The first-order valence-corrected chi connectivity index (χ1v) is 7.33. The molecule has 0 spiro atoms. The highest BCUT2D eigenvalue weighted by Gasteiger charge is 2.05. The van der Waals surface area contributed by atoms with Gasteiger partial charge >= 0.3 is 0 Å². The van der Waals surface area contributed by atoms with E-state index in [0.717, 1.165) is 13.1 Å². The molecule has 1 amide bonds. The van der Waals surface area contributed by atoms with Gasteiger partial charge in [-0.15, -0.1) is 11.3 Å². The second-order valence-corrected chi connectivity index (χ2v) is 6.86. The Morgan fingerprint density at radius 1 is 1.12 bits per heavy atom. The molecule has 5 heteroatoms. The Hall–Kier alpha value is -0.650. The normalized spacial score (nSPS) is 10.2. The van der Waals surface area contributed by atoms with E-state index in [9.17, 15) is 4.79 Å². The smallest absolute Gasteiger partial charge is 0.251 e. The van der Waals surface area contributed by atoms with Gasteiger partial charge in [0, 0.05) is 14.9 Å². The van der Waals surface area contributed by atoms with Crippen molar-refractivity contribution in [2.24, 2.45) is 0 Å². The number of benzene rings is 1. The third kappa shape index (κ3) is 3.66. The topological polar surface area (TPSA) is 29.1 Å². The van der Waals surface area contributed by atoms with Crippen LogP contribution in [0.5, 0.6) is 0 Å². The summed E-state index contributed by atoms with van der Waals surface area (Å²) in [6.45, 7) is 0.561. The predicted octanol–water partition coefficient (Wildman–Crippen LogP) is 4.20. The molecule has 0 unspecified atom stereocenters. The molecule has 0 aliphatic rings. The monoisotopic (exact) mass is 373 g/mol. The van der Waals surface area contributed by atoms with E-state index in [1.807, 2.05) is 24.3 Å². The average Bonchev–Trinajstić information content (AvgIpc) is 2.73. The minimum absolute atomic E-state index is 0.0537. The van der Waals surface area contributed by atoms with Crippen LogP contribution < -0.4 is 5.32 Å². The number of nitrogens with one attached hydrogen (secondary N) is 1. The molecule has 1 aromatic carbocycles. The summed E-state index contributed by atoms with van der Waals surface area (Å²) >= 11 is 8.35. The maximum absolute atomic E-state index is 11.8. The molecular formula is C12H9Br2NOS. The lowest BCUT2D eigenvalue weighted by molar-refractivity contribution is 0.0951. The van der Waals surface area contributed by atoms with E-state index < -0.39 is 0 Å². The van der Waals surface area contributed by atoms with E-state index >= 15 is 0 Å². The molecule has 88 valence electrons. The van der Waals surface area contributed by atoms with Crippen LogP contribution in [0.1, 0.15) is 15.2 Å². The lowest BCUT2D eigenvalue weighted by atomic mass is 10.2. The summed E-state index contributed by atoms with van der Waals surface area (Å²) in [4.78, 5) is 12.9. The highest BCUT2D eigenvalue weighted by Crippen LogP contribution is 2.21. The molecule has 0 fully saturated rings. The fourth-order valence-corrected chi connectivity index (χ4v) is 3.00. The van der Waals surface area contributed by atoms with Gasteiger partial charge in [0.05, 0.1) is 10.3 Å². The van der Waals surface area contributed by atoms with Crippen molar-refractivity contribution >= 4 is 49.1 Å². The molecule has 0 atom stereocenters. The number of carbonyl (C=O) groups is 1. The van der Waals surface area contributed by atoms with Crippen molar-refractivity contribution in [3.8, 4) is 0 Å². The van der Waals surface area contributed by atoms with Gasteiger partial charge in [0.25, 0.3) is 5.91 Å². The second-order valence-electron chi connectivity index (χ2n) is 3.40. The second kappa shape index (κ2) is 5.80. The quantitative estimate of drug-likeness (QED) is 0.856. The van der Waals surface area contributed by atoms with E-state index in [1.165, 1.54) is 0 Å². The summed E-state index contributed by atoms with van der Waals surface area (Å²) < 4.78 is 2.04. The fraction of sp³-hybridized carbons (Fsp3) is 0.0833. The van der Waals surface area contributed by atoms with Gasteiger partial charge in [-0.2, -0.15) is 0 Å². The summed E-state index contributed by atoms with van der Waals surface area (Å²) in [7, 11) is 0. The van der Waals surface area contributed by atoms with Gasteiger partial charge in [0.1, 0.15) is 0 Å².